The normalized spacial score (nSPS) is 11.9. The Morgan fingerprint density at radius 1 is 0.333 bits per heavy atom. The van der Waals surface area contributed by atoms with E-state index in [-0.39, 0.29) is 0 Å². The summed E-state index contributed by atoms with van der Waals surface area (Å²) >= 11 is 0. The highest BCUT2D eigenvalue weighted by Crippen LogP contribution is 2.48. The molecule has 0 bridgehead atoms. The lowest BCUT2D eigenvalue weighted by atomic mass is 10.0. The number of benzene rings is 8. The number of aromatic nitrogens is 4. The fourth-order valence-electron chi connectivity index (χ4n) is 8.13. The fraction of sp³-hybridized carbons (Fsp3) is 0. The molecule has 0 N–H and O–H groups in total. The molecule has 0 radical (unpaired) electrons. The maximum atomic E-state index is 5.24. The van der Waals surface area contributed by atoms with Crippen molar-refractivity contribution in [2.75, 3.05) is 0 Å². The highest BCUT2D eigenvalue weighted by Gasteiger charge is 2.23. The van der Waals surface area contributed by atoms with E-state index in [2.05, 4.69) is 156 Å². The van der Waals surface area contributed by atoms with E-state index in [4.69, 9.17) is 15.0 Å². The third-order valence-electron chi connectivity index (χ3n) is 10.4. The lowest BCUT2D eigenvalue weighted by molar-refractivity contribution is 1.08. The van der Waals surface area contributed by atoms with Gasteiger partial charge in [-0.1, -0.05) is 140 Å². The molecule has 0 atom stereocenters. The second kappa shape index (κ2) is 10.8. The smallest absolute Gasteiger partial charge is 0.164 e. The maximum absolute atomic E-state index is 5.24. The van der Waals surface area contributed by atoms with Crippen molar-refractivity contribution in [3.05, 3.63) is 170 Å². The Morgan fingerprint density at radius 2 is 0.902 bits per heavy atom. The zero-order valence-electron chi connectivity index (χ0n) is 27.5. The van der Waals surface area contributed by atoms with Crippen molar-refractivity contribution in [2.24, 2.45) is 0 Å². The van der Waals surface area contributed by atoms with Crippen LogP contribution in [0.15, 0.2) is 170 Å². The molecular weight excluding hydrogens is 621 g/mol. The second-order valence-corrected chi connectivity index (χ2v) is 13.2. The van der Waals surface area contributed by atoms with Gasteiger partial charge in [0.05, 0.1) is 16.7 Å². The van der Waals surface area contributed by atoms with Crippen LogP contribution in [-0.2, 0) is 0 Å². The minimum Gasteiger partial charge on any atom is -0.309 e. The Morgan fingerprint density at radius 3 is 1.63 bits per heavy atom. The van der Waals surface area contributed by atoms with Gasteiger partial charge < -0.3 is 4.57 Å². The van der Waals surface area contributed by atoms with Crippen molar-refractivity contribution >= 4 is 43.4 Å². The van der Waals surface area contributed by atoms with Gasteiger partial charge in [-0.05, 0) is 68.7 Å². The van der Waals surface area contributed by atoms with Crippen LogP contribution in [0, 0.1) is 0 Å². The van der Waals surface area contributed by atoms with Crippen LogP contribution in [0.5, 0.6) is 0 Å². The van der Waals surface area contributed by atoms with Crippen molar-refractivity contribution in [1.82, 2.24) is 19.5 Å². The Hall–Kier alpha value is -6.91. The lowest BCUT2D eigenvalue weighted by Crippen LogP contribution is -2.02. The van der Waals surface area contributed by atoms with E-state index in [1.54, 1.807) is 0 Å². The first-order chi connectivity index (χ1) is 25.3. The standard InChI is InChI=1S/C47H28N4/c1-2-12-30(13-3-1)45-48-46(31-24-25-33-37-20-10-14-29-15-11-21-38(44(29)37)40(33)28-31)50-47(49-45)39-26-27-43(34-17-5-4-16-32(34)39)51-41-22-8-6-18-35(41)36-19-7-9-23-42(36)51/h1-28H. The summed E-state index contributed by atoms with van der Waals surface area (Å²) in [5.74, 6) is 1.95. The monoisotopic (exact) mass is 648 g/mol. The summed E-state index contributed by atoms with van der Waals surface area (Å²) in [5, 5.41) is 7.27. The third kappa shape index (κ3) is 4.17. The van der Waals surface area contributed by atoms with E-state index >= 15 is 0 Å². The summed E-state index contributed by atoms with van der Waals surface area (Å²) in [7, 11) is 0. The number of para-hydroxylation sites is 2. The van der Waals surface area contributed by atoms with Crippen molar-refractivity contribution in [3.63, 3.8) is 0 Å². The molecule has 4 heteroatoms. The average molecular weight is 649 g/mol. The second-order valence-electron chi connectivity index (χ2n) is 13.2. The molecule has 0 amide bonds. The molecule has 0 spiro atoms. The SMILES string of the molecule is c1ccc(-c2nc(-c3ccc4c(c3)-c3cccc5cccc-4c35)nc(-c3ccc(-n4c5ccccc5c5ccccc54)c4ccccc34)n2)cc1. The van der Waals surface area contributed by atoms with Gasteiger partial charge in [-0.25, -0.2) is 15.0 Å². The summed E-state index contributed by atoms with van der Waals surface area (Å²) in [6.07, 6.45) is 0. The van der Waals surface area contributed by atoms with Crippen LogP contribution in [0.3, 0.4) is 0 Å². The highest BCUT2D eigenvalue weighted by molar-refractivity contribution is 6.16. The fourth-order valence-corrected chi connectivity index (χ4v) is 8.13. The summed E-state index contributed by atoms with van der Waals surface area (Å²) in [5.41, 5.74) is 11.4. The molecule has 0 aliphatic heterocycles. The summed E-state index contributed by atoms with van der Waals surface area (Å²) in [6, 6.07) is 60.2. The Bertz CT molecular complexity index is 2970. The van der Waals surface area contributed by atoms with Crippen LogP contribution in [-0.4, -0.2) is 19.5 Å². The van der Waals surface area contributed by atoms with Gasteiger partial charge in [0.25, 0.3) is 0 Å². The molecule has 1 aliphatic rings. The van der Waals surface area contributed by atoms with E-state index < -0.39 is 0 Å². The van der Waals surface area contributed by atoms with Gasteiger partial charge in [0, 0.05) is 32.8 Å². The molecule has 1 aliphatic carbocycles. The van der Waals surface area contributed by atoms with Crippen LogP contribution in [0.25, 0.3) is 105 Å². The molecule has 236 valence electrons. The van der Waals surface area contributed by atoms with Gasteiger partial charge in [-0.3, -0.25) is 0 Å². The predicted octanol–water partition coefficient (Wildman–Crippen LogP) is 11.9. The molecule has 0 fully saturated rings. The Kier molecular flexibility index (Phi) is 5.92. The van der Waals surface area contributed by atoms with Gasteiger partial charge in [0.1, 0.15) is 0 Å². The van der Waals surface area contributed by atoms with Crippen LogP contribution in [0.2, 0.25) is 0 Å². The first kappa shape index (κ1) is 28.0. The number of nitrogens with zero attached hydrogens (tertiary/aromatic N) is 4. The van der Waals surface area contributed by atoms with Gasteiger partial charge in [-0.2, -0.15) is 0 Å². The molecule has 10 aromatic rings. The Balaban J connectivity index is 1.13. The summed E-state index contributed by atoms with van der Waals surface area (Å²) < 4.78 is 2.38. The van der Waals surface area contributed by atoms with Crippen LogP contribution in [0.4, 0.5) is 0 Å². The topological polar surface area (TPSA) is 43.6 Å². The quantitative estimate of drug-likeness (QED) is 0.191. The van der Waals surface area contributed by atoms with Gasteiger partial charge in [0.2, 0.25) is 0 Å². The molecule has 4 nitrogen and oxygen atoms in total. The molecule has 8 aromatic carbocycles. The van der Waals surface area contributed by atoms with E-state index in [0.29, 0.717) is 17.5 Å². The first-order valence-corrected chi connectivity index (χ1v) is 17.3. The third-order valence-corrected chi connectivity index (χ3v) is 10.4. The zero-order chi connectivity index (χ0) is 33.5. The lowest BCUT2D eigenvalue weighted by Gasteiger charge is -2.15. The van der Waals surface area contributed by atoms with Crippen LogP contribution in [0.1, 0.15) is 0 Å². The zero-order valence-corrected chi connectivity index (χ0v) is 27.5. The van der Waals surface area contributed by atoms with Gasteiger partial charge >= 0.3 is 0 Å². The summed E-state index contributed by atoms with van der Waals surface area (Å²) in [4.78, 5) is 15.5. The highest BCUT2D eigenvalue weighted by atomic mass is 15.0. The van der Waals surface area contributed by atoms with Gasteiger partial charge in [0.15, 0.2) is 17.5 Å². The maximum Gasteiger partial charge on any atom is 0.164 e. The molecule has 0 saturated heterocycles. The van der Waals surface area contributed by atoms with E-state index in [9.17, 15) is 0 Å². The van der Waals surface area contributed by atoms with Gasteiger partial charge in [-0.15, -0.1) is 0 Å². The van der Waals surface area contributed by atoms with Crippen molar-refractivity contribution in [1.29, 1.82) is 0 Å². The average Bonchev–Trinajstić information content (AvgIpc) is 3.71. The molecule has 11 rings (SSSR count). The van der Waals surface area contributed by atoms with E-state index in [0.717, 1.165) is 33.2 Å². The number of rotatable bonds is 4. The molecule has 51 heavy (non-hydrogen) atoms. The van der Waals surface area contributed by atoms with Crippen LogP contribution >= 0.6 is 0 Å². The molecule has 0 unspecified atom stereocenters. The van der Waals surface area contributed by atoms with Crippen molar-refractivity contribution < 1.29 is 0 Å². The minimum atomic E-state index is 0.648. The van der Waals surface area contributed by atoms with Crippen molar-refractivity contribution in [2.45, 2.75) is 0 Å². The van der Waals surface area contributed by atoms with Crippen LogP contribution < -0.4 is 0 Å². The van der Waals surface area contributed by atoms with E-state index in [1.165, 1.54) is 54.8 Å². The van der Waals surface area contributed by atoms with E-state index in [1.807, 2.05) is 18.2 Å². The largest absolute Gasteiger partial charge is 0.309 e. The number of fused-ring (bicyclic) bond motifs is 7. The molecule has 2 aromatic heterocycles. The number of hydrogen-bond acceptors (Lipinski definition) is 3. The summed E-state index contributed by atoms with van der Waals surface area (Å²) in [6.45, 7) is 0. The molecular formula is C47H28N4. The molecule has 0 saturated carbocycles. The minimum absolute atomic E-state index is 0.648. The Labute approximate surface area is 294 Å². The molecule has 2 heterocycles. The van der Waals surface area contributed by atoms with Crippen molar-refractivity contribution in [3.8, 4) is 62.1 Å². The predicted molar refractivity (Wildman–Crippen MR) is 210 cm³/mol. The number of hydrogen-bond donors (Lipinski definition) is 0. The first-order valence-electron chi connectivity index (χ1n) is 17.3.